The molecule has 0 unspecified atom stereocenters. The number of aromatic amines is 1. The number of aryl methyl sites for hydroxylation is 1. The van der Waals surface area contributed by atoms with Crippen molar-refractivity contribution in [3.63, 3.8) is 0 Å². The quantitative estimate of drug-likeness (QED) is 0.803. The first-order valence-corrected chi connectivity index (χ1v) is 6.65. The highest BCUT2D eigenvalue weighted by atomic mass is 16.5. The normalized spacial score (nSPS) is 10.8. The average Bonchev–Trinajstić information content (AvgIpc) is 2.83. The fraction of sp³-hybridized carbons (Fsp3) is 0.400. The fourth-order valence-electron chi connectivity index (χ4n) is 1.96. The Morgan fingerprint density at radius 1 is 1.21 bits per heavy atom. The molecule has 4 nitrogen and oxygen atoms in total. The molecule has 19 heavy (non-hydrogen) atoms. The molecule has 2 N–H and O–H groups in total. The zero-order valence-electron chi connectivity index (χ0n) is 11.6. The summed E-state index contributed by atoms with van der Waals surface area (Å²) in [6.45, 7) is 7.08. The minimum Gasteiger partial charge on any atom is -0.377 e. The van der Waals surface area contributed by atoms with E-state index in [1.54, 1.807) is 6.33 Å². The van der Waals surface area contributed by atoms with Crippen molar-refractivity contribution < 1.29 is 4.74 Å². The highest BCUT2D eigenvalue weighted by Gasteiger charge is 2.03. The number of ether oxygens (including phenoxy) is 1. The summed E-state index contributed by atoms with van der Waals surface area (Å²) >= 11 is 0. The van der Waals surface area contributed by atoms with Gasteiger partial charge in [0.15, 0.2) is 0 Å². The van der Waals surface area contributed by atoms with Crippen molar-refractivity contribution >= 4 is 0 Å². The summed E-state index contributed by atoms with van der Waals surface area (Å²) in [6, 6.07) is 8.37. The van der Waals surface area contributed by atoms with Gasteiger partial charge in [0.1, 0.15) is 0 Å². The van der Waals surface area contributed by atoms with Gasteiger partial charge in [0.2, 0.25) is 0 Å². The topological polar surface area (TPSA) is 49.9 Å². The molecule has 0 bridgehead atoms. The van der Waals surface area contributed by atoms with Gasteiger partial charge >= 0.3 is 0 Å². The monoisotopic (exact) mass is 259 g/mol. The lowest BCUT2D eigenvalue weighted by atomic mass is 10.1. The molecule has 0 aliphatic heterocycles. The van der Waals surface area contributed by atoms with Crippen molar-refractivity contribution in [1.82, 2.24) is 15.3 Å². The van der Waals surface area contributed by atoms with Crippen LogP contribution in [-0.4, -0.2) is 16.6 Å². The van der Waals surface area contributed by atoms with Crippen molar-refractivity contribution in [2.45, 2.75) is 33.5 Å². The van der Waals surface area contributed by atoms with Crippen LogP contribution in [0.4, 0.5) is 0 Å². The molecule has 0 radical (unpaired) electrons. The largest absolute Gasteiger partial charge is 0.377 e. The molecule has 0 aliphatic carbocycles. The molecule has 2 aromatic rings. The lowest BCUT2D eigenvalue weighted by Gasteiger charge is -2.10. The molecular formula is C15H21N3O. The summed E-state index contributed by atoms with van der Waals surface area (Å²) < 4.78 is 5.49. The van der Waals surface area contributed by atoms with Crippen LogP contribution in [0.3, 0.4) is 0 Å². The number of nitrogens with zero attached hydrogens (tertiary/aromatic N) is 1. The van der Waals surface area contributed by atoms with Gasteiger partial charge in [0.25, 0.3) is 0 Å². The summed E-state index contributed by atoms with van der Waals surface area (Å²) in [5.74, 6) is 0. The maximum Gasteiger partial charge on any atom is 0.0925 e. The van der Waals surface area contributed by atoms with E-state index >= 15 is 0 Å². The number of hydrogen-bond acceptors (Lipinski definition) is 3. The standard InChI is InChI=1S/C15H21N3O/c1-3-19-10-14-7-5-4-6-13(14)8-16-9-15-12(2)17-11-18-15/h4-7,11,16H,3,8-10H2,1-2H3,(H,17,18). The SMILES string of the molecule is CCOCc1ccccc1CNCc1nc[nH]c1C. The summed E-state index contributed by atoms with van der Waals surface area (Å²) in [5, 5.41) is 3.42. The Morgan fingerprint density at radius 2 is 2.00 bits per heavy atom. The number of nitrogens with one attached hydrogen (secondary N) is 2. The molecular weight excluding hydrogens is 238 g/mol. The van der Waals surface area contributed by atoms with Gasteiger partial charge in [-0.25, -0.2) is 4.98 Å². The molecule has 102 valence electrons. The average molecular weight is 259 g/mol. The maximum absolute atomic E-state index is 5.49. The number of imidazole rings is 1. The minimum absolute atomic E-state index is 0.676. The Balaban J connectivity index is 1.90. The molecule has 0 atom stereocenters. The van der Waals surface area contributed by atoms with E-state index in [2.05, 4.69) is 39.6 Å². The van der Waals surface area contributed by atoms with Crippen LogP contribution < -0.4 is 5.32 Å². The first-order valence-electron chi connectivity index (χ1n) is 6.65. The Morgan fingerprint density at radius 3 is 2.68 bits per heavy atom. The second-order valence-electron chi connectivity index (χ2n) is 4.48. The molecule has 0 saturated carbocycles. The van der Waals surface area contributed by atoms with Gasteiger partial charge in [-0.3, -0.25) is 0 Å². The molecule has 0 amide bonds. The lowest BCUT2D eigenvalue weighted by Crippen LogP contribution is -2.15. The van der Waals surface area contributed by atoms with Crippen LogP contribution in [0.5, 0.6) is 0 Å². The highest BCUT2D eigenvalue weighted by Crippen LogP contribution is 2.10. The Labute approximate surface area is 114 Å². The number of hydrogen-bond donors (Lipinski definition) is 2. The predicted molar refractivity (Wildman–Crippen MR) is 75.6 cm³/mol. The van der Waals surface area contributed by atoms with Crippen LogP contribution >= 0.6 is 0 Å². The third-order valence-electron chi connectivity index (χ3n) is 3.12. The van der Waals surface area contributed by atoms with Crippen LogP contribution in [0, 0.1) is 6.92 Å². The number of H-pyrrole nitrogens is 1. The van der Waals surface area contributed by atoms with Gasteiger partial charge in [-0.1, -0.05) is 24.3 Å². The van der Waals surface area contributed by atoms with Gasteiger partial charge in [-0.2, -0.15) is 0 Å². The Kier molecular flexibility index (Phi) is 5.12. The highest BCUT2D eigenvalue weighted by molar-refractivity contribution is 5.26. The number of benzene rings is 1. The van der Waals surface area contributed by atoms with Crippen LogP contribution in [0.25, 0.3) is 0 Å². The zero-order valence-corrected chi connectivity index (χ0v) is 11.6. The molecule has 2 rings (SSSR count). The van der Waals surface area contributed by atoms with E-state index in [1.165, 1.54) is 11.1 Å². The van der Waals surface area contributed by atoms with E-state index in [1.807, 2.05) is 13.8 Å². The van der Waals surface area contributed by atoms with Crippen molar-refractivity contribution in [3.05, 3.63) is 53.1 Å². The smallest absolute Gasteiger partial charge is 0.0925 e. The van der Waals surface area contributed by atoms with Crippen molar-refractivity contribution in [1.29, 1.82) is 0 Å². The first-order chi connectivity index (χ1) is 9.31. The van der Waals surface area contributed by atoms with E-state index in [4.69, 9.17) is 4.74 Å². The van der Waals surface area contributed by atoms with Gasteiger partial charge in [-0.05, 0) is 25.0 Å². The van der Waals surface area contributed by atoms with Crippen LogP contribution in [0.2, 0.25) is 0 Å². The molecule has 1 heterocycles. The Hall–Kier alpha value is -1.65. The summed E-state index contributed by atoms with van der Waals surface area (Å²) in [7, 11) is 0. The predicted octanol–water partition coefficient (Wildman–Crippen LogP) is 2.54. The number of aromatic nitrogens is 2. The van der Waals surface area contributed by atoms with Crippen molar-refractivity contribution in [3.8, 4) is 0 Å². The summed E-state index contributed by atoms with van der Waals surface area (Å²) in [6.07, 6.45) is 1.73. The van der Waals surface area contributed by atoms with E-state index in [0.717, 1.165) is 31.1 Å². The van der Waals surface area contributed by atoms with Gasteiger partial charge in [0.05, 0.1) is 18.6 Å². The third kappa shape index (κ3) is 3.91. The molecule has 0 saturated heterocycles. The van der Waals surface area contributed by atoms with E-state index in [-0.39, 0.29) is 0 Å². The second kappa shape index (κ2) is 7.07. The van der Waals surface area contributed by atoms with Crippen molar-refractivity contribution in [2.24, 2.45) is 0 Å². The van der Waals surface area contributed by atoms with Gasteiger partial charge < -0.3 is 15.0 Å². The number of rotatable bonds is 7. The van der Waals surface area contributed by atoms with Crippen molar-refractivity contribution in [2.75, 3.05) is 6.61 Å². The second-order valence-corrected chi connectivity index (χ2v) is 4.48. The lowest BCUT2D eigenvalue weighted by molar-refractivity contribution is 0.133. The fourth-order valence-corrected chi connectivity index (χ4v) is 1.96. The van der Waals surface area contributed by atoms with Crippen LogP contribution in [0.15, 0.2) is 30.6 Å². The van der Waals surface area contributed by atoms with Gasteiger partial charge in [-0.15, -0.1) is 0 Å². The molecule has 1 aromatic carbocycles. The Bertz CT molecular complexity index is 508. The molecule has 0 spiro atoms. The summed E-state index contributed by atoms with van der Waals surface area (Å²) in [4.78, 5) is 7.36. The molecule has 4 heteroatoms. The summed E-state index contributed by atoms with van der Waals surface area (Å²) in [5.41, 5.74) is 4.72. The van der Waals surface area contributed by atoms with Crippen LogP contribution in [0.1, 0.15) is 29.4 Å². The molecule has 0 fully saturated rings. The first kappa shape index (κ1) is 13.8. The van der Waals surface area contributed by atoms with E-state index in [0.29, 0.717) is 6.61 Å². The van der Waals surface area contributed by atoms with E-state index < -0.39 is 0 Å². The molecule has 0 aliphatic rings. The minimum atomic E-state index is 0.676. The zero-order chi connectivity index (χ0) is 13.5. The van der Waals surface area contributed by atoms with E-state index in [9.17, 15) is 0 Å². The third-order valence-corrected chi connectivity index (χ3v) is 3.12. The van der Waals surface area contributed by atoms with Crippen LogP contribution in [-0.2, 0) is 24.4 Å². The maximum atomic E-state index is 5.49. The van der Waals surface area contributed by atoms with Gasteiger partial charge in [0, 0.05) is 25.4 Å². The molecule has 1 aromatic heterocycles.